The van der Waals surface area contributed by atoms with Gasteiger partial charge in [-0.15, -0.1) is 10.2 Å². The summed E-state index contributed by atoms with van der Waals surface area (Å²) < 4.78 is 0. The first kappa shape index (κ1) is 13.6. The molecule has 0 aliphatic heterocycles. The topological polar surface area (TPSA) is 62.7 Å². The summed E-state index contributed by atoms with van der Waals surface area (Å²) in [5.41, 5.74) is 1.03. The summed E-state index contributed by atoms with van der Waals surface area (Å²) in [6.07, 6.45) is 14.8. The van der Waals surface area contributed by atoms with E-state index >= 15 is 0 Å². The lowest BCUT2D eigenvalue weighted by atomic mass is 9.95. The van der Waals surface area contributed by atoms with Crippen molar-refractivity contribution in [3.05, 3.63) is 6.20 Å². The fourth-order valence-electron chi connectivity index (χ4n) is 3.39. The largest absolute Gasteiger partial charge is 0.378 e. The van der Waals surface area contributed by atoms with E-state index in [9.17, 15) is 0 Å². The van der Waals surface area contributed by atoms with E-state index in [4.69, 9.17) is 0 Å². The summed E-state index contributed by atoms with van der Waals surface area (Å²) in [5, 5.41) is 19.1. The fourth-order valence-corrected chi connectivity index (χ4v) is 3.39. The molecule has 1 aromatic rings. The van der Waals surface area contributed by atoms with Crippen molar-refractivity contribution in [2.75, 3.05) is 10.6 Å². The molecule has 2 aliphatic rings. The van der Waals surface area contributed by atoms with Gasteiger partial charge in [0.2, 0.25) is 0 Å². The van der Waals surface area contributed by atoms with Crippen molar-refractivity contribution in [2.24, 2.45) is 0 Å². The van der Waals surface area contributed by atoms with Gasteiger partial charge in [0.1, 0.15) is 0 Å². The van der Waals surface area contributed by atoms with E-state index in [1.165, 1.54) is 64.2 Å². The van der Waals surface area contributed by atoms with Crippen LogP contribution in [0.4, 0.5) is 11.5 Å². The number of rotatable bonds is 4. The Kier molecular flexibility index (Phi) is 4.66. The van der Waals surface area contributed by atoms with E-state index in [-0.39, 0.29) is 0 Å². The quantitative estimate of drug-likeness (QED) is 0.882. The summed E-state index contributed by atoms with van der Waals surface area (Å²) in [6, 6.07) is 1.12. The SMILES string of the molecule is c1nnnc(NC2CCCCC2)c1NC1CCCCC1. The Bertz CT molecular complexity index is 371. The highest BCUT2D eigenvalue weighted by atomic mass is 15.3. The molecule has 3 rings (SSSR count). The van der Waals surface area contributed by atoms with E-state index in [1.807, 2.05) is 6.20 Å². The van der Waals surface area contributed by atoms with Gasteiger partial charge in [0.05, 0.1) is 11.9 Å². The van der Waals surface area contributed by atoms with Crippen molar-refractivity contribution in [1.82, 2.24) is 15.4 Å². The first-order valence-corrected chi connectivity index (χ1v) is 8.13. The van der Waals surface area contributed by atoms with Gasteiger partial charge in [0.25, 0.3) is 0 Å². The summed E-state index contributed by atoms with van der Waals surface area (Å²) in [6.45, 7) is 0. The maximum Gasteiger partial charge on any atom is 0.175 e. The average molecular weight is 275 g/mol. The number of hydrogen-bond acceptors (Lipinski definition) is 5. The average Bonchev–Trinajstić information content (AvgIpc) is 2.51. The second-order valence-corrected chi connectivity index (χ2v) is 6.15. The second kappa shape index (κ2) is 6.86. The summed E-state index contributed by atoms with van der Waals surface area (Å²) >= 11 is 0. The van der Waals surface area contributed by atoms with E-state index in [2.05, 4.69) is 26.0 Å². The Balaban J connectivity index is 1.63. The third-order valence-corrected chi connectivity index (χ3v) is 4.55. The lowest BCUT2D eigenvalue weighted by Crippen LogP contribution is -2.26. The van der Waals surface area contributed by atoms with E-state index < -0.39 is 0 Å². The minimum absolute atomic E-state index is 0.548. The predicted molar refractivity (Wildman–Crippen MR) is 80.8 cm³/mol. The highest BCUT2D eigenvalue weighted by Crippen LogP contribution is 2.27. The van der Waals surface area contributed by atoms with Crippen molar-refractivity contribution in [2.45, 2.75) is 76.3 Å². The third-order valence-electron chi connectivity index (χ3n) is 4.55. The maximum absolute atomic E-state index is 4.20. The molecule has 1 heterocycles. The van der Waals surface area contributed by atoms with Gasteiger partial charge in [-0.25, -0.2) is 0 Å². The van der Waals surface area contributed by atoms with E-state index in [1.54, 1.807) is 0 Å². The summed E-state index contributed by atoms with van der Waals surface area (Å²) in [4.78, 5) is 0. The van der Waals surface area contributed by atoms with E-state index in [0.29, 0.717) is 12.1 Å². The zero-order valence-electron chi connectivity index (χ0n) is 12.1. The standard InChI is InChI=1S/C15H25N5/c1-3-7-12(8-4-1)17-14-11-16-20-19-15(14)18-13-9-5-2-6-10-13/h11-13H,1-10H2,(H,17,20)(H,16,18,19). The molecule has 0 amide bonds. The molecule has 5 heteroatoms. The van der Waals surface area contributed by atoms with Crippen molar-refractivity contribution in [1.29, 1.82) is 0 Å². The van der Waals surface area contributed by atoms with Crippen LogP contribution in [0.15, 0.2) is 6.20 Å². The van der Waals surface area contributed by atoms with Crippen LogP contribution in [-0.4, -0.2) is 27.5 Å². The summed E-state index contributed by atoms with van der Waals surface area (Å²) in [7, 11) is 0. The molecule has 2 aliphatic carbocycles. The first-order valence-electron chi connectivity index (χ1n) is 8.13. The second-order valence-electron chi connectivity index (χ2n) is 6.15. The van der Waals surface area contributed by atoms with Crippen LogP contribution in [0.25, 0.3) is 0 Å². The van der Waals surface area contributed by atoms with Crippen molar-refractivity contribution < 1.29 is 0 Å². The third kappa shape index (κ3) is 3.58. The number of anilines is 2. The molecule has 0 atom stereocenters. The zero-order valence-corrected chi connectivity index (χ0v) is 12.1. The predicted octanol–water partition coefficient (Wildman–Crippen LogP) is 3.36. The Hall–Kier alpha value is -1.39. The van der Waals surface area contributed by atoms with Crippen LogP contribution in [0.3, 0.4) is 0 Å². The van der Waals surface area contributed by atoms with Gasteiger partial charge < -0.3 is 10.6 Å². The number of aromatic nitrogens is 3. The van der Waals surface area contributed by atoms with Gasteiger partial charge in [-0.1, -0.05) is 38.5 Å². The van der Waals surface area contributed by atoms with Gasteiger partial charge in [-0.05, 0) is 30.9 Å². The monoisotopic (exact) mass is 275 g/mol. The Morgan fingerprint density at radius 1 is 0.800 bits per heavy atom. The van der Waals surface area contributed by atoms with Crippen LogP contribution in [0, 0.1) is 0 Å². The number of hydrogen-bond donors (Lipinski definition) is 2. The van der Waals surface area contributed by atoms with Crippen LogP contribution >= 0.6 is 0 Å². The van der Waals surface area contributed by atoms with Gasteiger partial charge in [-0.3, -0.25) is 0 Å². The molecule has 2 N–H and O–H groups in total. The maximum atomic E-state index is 4.20. The number of nitrogens with one attached hydrogen (secondary N) is 2. The van der Waals surface area contributed by atoms with Crippen molar-refractivity contribution in [3.8, 4) is 0 Å². The van der Waals surface area contributed by atoms with Gasteiger partial charge in [-0.2, -0.15) is 0 Å². The van der Waals surface area contributed by atoms with Crippen LogP contribution in [0.5, 0.6) is 0 Å². The number of nitrogens with zero attached hydrogens (tertiary/aromatic N) is 3. The Morgan fingerprint density at radius 2 is 1.40 bits per heavy atom. The van der Waals surface area contributed by atoms with Gasteiger partial charge in [0, 0.05) is 12.1 Å². The van der Waals surface area contributed by atoms with Crippen LogP contribution in [0.1, 0.15) is 64.2 Å². The van der Waals surface area contributed by atoms with Crippen LogP contribution in [0.2, 0.25) is 0 Å². The van der Waals surface area contributed by atoms with Crippen LogP contribution < -0.4 is 10.6 Å². The summed E-state index contributed by atoms with van der Waals surface area (Å²) in [5.74, 6) is 0.887. The van der Waals surface area contributed by atoms with Crippen LogP contribution in [-0.2, 0) is 0 Å². The normalized spacial score (nSPS) is 21.6. The first-order chi connectivity index (χ1) is 9.92. The molecule has 0 unspecified atom stereocenters. The molecule has 0 spiro atoms. The molecule has 2 saturated carbocycles. The molecule has 2 fully saturated rings. The molecule has 1 aromatic heterocycles. The molecule has 0 saturated heterocycles. The van der Waals surface area contributed by atoms with E-state index in [0.717, 1.165) is 11.5 Å². The highest BCUT2D eigenvalue weighted by molar-refractivity contribution is 5.62. The van der Waals surface area contributed by atoms with Gasteiger partial charge in [0.15, 0.2) is 5.82 Å². The minimum atomic E-state index is 0.548. The lowest BCUT2D eigenvalue weighted by molar-refractivity contribution is 0.458. The highest BCUT2D eigenvalue weighted by Gasteiger charge is 2.18. The molecule has 0 aromatic carbocycles. The molecule has 20 heavy (non-hydrogen) atoms. The Morgan fingerprint density at radius 3 is 2.05 bits per heavy atom. The minimum Gasteiger partial charge on any atom is -0.378 e. The Labute approximate surface area is 120 Å². The lowest BCUT2D eigenvalue weighted by Gasteiger charge is -2.27. The molecule has 0 radical (unpaired) electrons. The molecule has 110 valence electrons. The fraction of sp³-hybridized carbons (Fsp3) is 0.800. The molecular weight excluding hydrogens is 250 g/mol. The van der Waals surface area contributed by atoms with Gasteiger partial charge >= 0.3 is 0 Å². The smallest absolute Gasteiger partial charge is 0.175 e. The molecule has 5 nitrogen and oxygen atoms in total. The van der Waals surface area contributed by atoms with Crippen molar-refractivity contribution >= 4 is 11.5 Å². The molecular formula is C15H25N5. The molecule has 0 bridgehead atoms. The zero-order chi connectivity index (χ0) is 13.6. The van der Waals surface area contributed by atoms with Crippen molar-refractivity contribution in [3.63, 3.8) is 0 Å².